The normalized spacial score (nSPS) is 16.1. The molecule has 4 heterocycles. The van der Waals surface area contributed by atoms with E-state index >= 15 is 0 Å². The first-order valence-electron chi connectivity index (χ1n) is 20.9. The topological polar surface area (TPSA) is 102 Å². The van der Waals surface area contributed by atoms with Crippen molar-refractivity contribution < 1.29 is 23.0 Å². The fourth-order valence-corrected chi connectivity index (χ4v) is 12.8. The zero-order valence-electron chi connectivity index (χ0n) is 39.7. The van der Waals surface area contributed by atoms with Gasteiger partial charge >= 0.3 is 23.1 Å². The van der Waals surface area contributed by atoms with Gasteiger partial charge < -0.3 is 22.7 Å². The molecule has 0 saturated carbocycles. The van der Waals surface area contributed by atoms with Crippen molar-refractivity contribution in [3.63, 3.8) is 0 Å². The van der Waals surface area contributed by atoms with Crippen molar-refractivity contribution in [1.82, 2.24) is 18.2 Å². The minimum absolute atomic E-state index is 0. The van der Waals surface area contributed by atoms with Crippen molar-refractivity contribution in [2.75, 3.05) is 19.8 Å². The van der Waals surface area contributed by atoms with E-state index in [4.69, 9.17) is 4.74 Å². The van der Waals surface area contributed by atoms with E-state index in [9.17, 15) is 16.8 Å². The fourth-order valence-electron chi connectivity index (χ4n) is 8.31. The van der Waals surface area contributed by atoms with Gasteiger partial charge in [0.25, 0.3) is 0 Å². The van der Waals surface area contributed by atoms with Gasteiger partial charge in [-0.05, 0) is 141 Å². The summed E-state index contributed by atoms with van der Waals surface area (Å²) in [5.41, 5.74) is 9.05. The van der Waals surface area contributed by atoms with Crippen LogP contribution in [0.25, 0.3) is 21.8 Å². The zero-order valence-corrected chi connectivity index (χ0v) is 43.3. The Balaban J connectivity index is 0.000000323. The number of rotatable bonds is 9. The summed E-state index contributed by atoms with van der Waals surface area (Å²) in [5.74, 6) is 0. The summed E-state index contributed by atoms with van der Waals surface area (Å²) >= 11 is 3.51. The van der Waals surface area contributed by atoms with Crippen LogP contribution >= 0.6 is 15.9 Å². The maximum Gasteiger partial charge on any atom is 2.00 e. The number of aromatic nitrogens is 2. The van der Waals surface area contributed by atoms with Gasteiger partial charge in [0.15, 0.2) is 0 Å². The molecule has 2 aliphatic rings. The summed E-state index contributed by atoms with van der Waals surface area (Å²) in [7, 11) is -2.78. The monoisotopic (exact) mass is 958 g/mol. The molecule has 62 heavy (non-hydrogen) atoms. The van der Waals surface area contributed by atoms with Gasteiger partial charge in [-0.1, -0.05) is 79.6 Å². The third kappa shape index (κ3) is 13.1. The Morgan fingerprint density at radius 1 is 0.742 bits per heavy atom. The van der Waals surface area contributed by atoms with Crippen LogP contribution in [-0.4, -0.2) is 85.2 Å². The van der Waals surface area contributed by atoms with Crippen LogP contribution in [-0.2, 0) is 45.3 Å². The summed E-state index contributed by atoms with van der Waals surface area (Å²) in [6, 6.07) is 24.4. The summed E-state index contributed by atoms with van der Waals surface area (Å²) < 4.78 is 66.0. The molecule has 0 spiro atoms. The van der Waals surface area contributed by atoms with Gasteiger partial charge in [-0.15, -0.1) is 0 Å². The van der Waals surface area contributed by atoms with E-state index in [0.717, 1.165) is 75.0 Å². The third-order valence-electron chi connectivity index (χ3n) is 11.1. The van der Waals surface area contributed by atoms with Gasteiger partial charge in [0.2, 0.25) is 20.0 Å². The molecule has 2 aromatic heterocycles. The van der Waals surface area contributed by atoms with Crippen LogP contribution in [0.4, 0.5) is 0 Å². The summed E-state index contributed by atoms with van der Waals surface area (Å²) in [4.78, 5) is 0.905. The quantitative estimate of drug-likeness (QED) is 0.0883. The number of benzene rings is 4. The van der Waals surface area contributed by atoms with Crippen molar-refractivity contribution in [1.29, 1.82) is 0 Å². The van der Waals surface area contributed by atoms with Gasteiger partial charge in [0.1, 0.15) is 0 Å². The van der Waals surface area contributed by atoms with Crippen LogP contribution in [0.2, 0.25) is 0 Å². The van der Waals surface area contributed by atoms with E-state index in [1.165, 1.54) is 29.1 Å². The molecule has 0 radical (unpaired) electrons. The Labute approximate surface area is 398 Å². The number of halogens is 1. The number of hydrogen-bond acceptors (Lipinski definition) is 5. The number of hydrogen-bond donors (Lipinski definition) is 1. The number of nitrogens with zero attached hydrogens (tertiary/aromatic N) is 3. The molecule has 8 rings (SSSR count). The molecular formula is C49H67BrMgN4O5S2. The maximum atomic E-state index is 13.1. The first-order valence-corrected chi connectivity index (χ1v) is 24.6. The molecule has 3 atom stereocenters. The number of aryl methyl sites for hydroxylation is 8. The minimum atomic E-state index is -3.58. The SMILES string of the molecule is C1CCOC1.CC[C@@H](Cc1cccc2ccn(C)c12)NS(=O)(=O)c1c(C)cc(C)cc1C.CC[C@H]1CN1S(=O)(=O)c1c(C)cc(C)cc1C.Cn1ccc2cccc(Br)c21.[CH3-].[H-].[Mg+2]. The van der Waals surface area contributed by atoms with Crippen molar-refractivity contribution in [3.8, 4) is 0 Å². The third-order valence-corrected chi connectivity index (χ3v) is 15.8. The minimum Gasteiger partial charge on any atom is -1.00 e. The van der Waals surface area contributed by atoms with E-state index in [1.54, 1.807) is 4.31 Å². The molecule has 334 valence electrons. The molecular weight excluding hydrogens is 893 g/mol. The molecule has 2 saturated heterocycles. The Hall–Kier alpha value is -3.01. The van der Waals surface area contributed by atoms with Crippen LogP contribution < -0.4 is 4.72 Å². The van der Waals surface area contributed by atoms with Crippen LogP contribution in [0, 0.1) is 49.0 Å². The van der Waals surface area contributed by atoms with E-state index in [2.05, 4.69) is 72.4 Å². The number of sulfonamides is 2. The Morgan fingerprint density at radius 2 is 1.23 bits per heavy atom. The zero-order chi connectivity index (χ0) is 43.9. The molecule has 1 N–H and O–H groups in total. The largest absolute Gasteiger partial charge is 2.00 e. The van der Waals surface area contributed by atoms with E-state index in [-0.39, 0.29) is 44.0 Å². The Kier molecular flexibility index (Phi) is 20.0. The summed E-state index contributed by atoms with van der Waals surface area (Å²) in [5, 5.41) is 2.46. The van der Waals surface area contributed by atoms with Crippen LogP contribution in [0.5, 0.6) is 0 Å². The van der Waals surface area contributed by atoms with Gasteiger partial charge in [0.05, 0.1) is 20.8 Å². The second kappa shape index (κ2) is 23.3. The van der Waals surface area contributed by atoms with Crippen molar-refractivity contribution in [2.45, 2.75) is 109 Å². The molecule has 0 bridgehead atoms. The fraction of sp³-hybridized carbons (Fsp3) is 0.408. The first kappa shape index (κ1) is 53.3. The van der Waals surface area contributed by atoms with E-state index in [1.807, 2.05) is 112 Å². The maximum absolute atomic E-state index is 13.1. The second-order valence-corrected chi connectivity index (χ2v) is 20.6. The van der Waals surface area contributed by atoms with Gasteiger partial charge in [-0.25, -0.2) is 21.6 Å². The molecule has 9 nitrogen and oxygen atoms in total. The standard InChI is InChI=1S/C22H28N2O2S.C13H19NO2S.C9H8BrN.C4H8O.CH3.Mg.H/c1-6-20(14-19-9-7-8-18-10-11-24(5)21(18)19)23-27(25,26)22-16(3)12-15(2)13-17(22)4;1-5-12-8-14(12)17(15,16)13-10(3)6-9(2)7-11(13)4;1-11-6-5-7-3-2-4-8(10)9(7)11;1-2-4-5-3-1;;;/h7-13,20,23H,6,14H2,1-5H3;6-7,12H,5,8H2,1-4H3;2-6H,1H3;1-4H2;1H3;;/q;;;;-1;+2;-1/t20-;12-,14?;;;;;/m00...../s1. The number of fused-ring (bicyclic) bond motifs is 2. The van der Waals surface area contributed by atoms with Crippen LogP contribution in [0.3, 0.4) is 0 Å². The van der Waals surface area contributed by atoms with Gasteiger partial charge in [-0.3, -0.25) is 0 Å². The predicted octanol–water partition coefficient (Wildman–Crippen LogP) is 10.7. The summed E-state index contributed by atoms with van der Waals surface area (Å²) in [6.45, 7) is 18.2. The summed E-state index contributed by atoms with van der Waals surface area (Å²) in [6.07, 6.45) is 8.94. The van der Waals surface area contributed by atoms with Gasteiger partial charge in [0, 0.05) is 68.2 Å². The Bertz CT molecular complexity index is 2610. The molecule has 4 aromatic carbocycles. The second-order valence-electron chi connectivity index (χ2n) is 16.2. The van der Waals surface area contributed by atoms with Crippen LogP contribution in [0.15, 0.2) is 99.5 Å². The van der Waals surface area contributed by atoms with Crippen molar-refractivity contribution in [2.24, 2.45) is 14.1 Å². The molecule has 1 unspecified atom stereocenters. The molecule has 13 heteroatoms. The van der Waals surface area contributed by atoms with Crippen molar-refractivity contribution in [3.05, 3.63) is 136 Å². The number of nitrogens with one attached hydrogen (secondary N) is 1. The smallest absolute Gasteiger partial charge is 1.00 e. The molecule has 2 fully saturated rings. The predicted molar refractivity (Wildman–Crippen MR) is 264 cm³/mol. The molecule has 2 aliphatic heterocycles. The number of para-hydroxylation sites is 2. The van der Waals surface area contributed by atoms with E-state index in [0.29, 0.717) is 22.8 Å². The average molecular weight is 960 g/mol. The van der Waals surface area contributed by atoms with Crippen LogP contribution in [0.1, 0.15) is 79.9 Å². The molecule has 6 aromatic rings. The average Bonchev–Trinajstić information content (AvgIpc) is 3.44. The molecule has 0 aliphatic carbocycles. The number of ether oxygens (including phenoxy) is 1. The van der Waals surface area contributed by atoms with Crippen molar-refractivity contribution >= 4 is 80.8 Å². The molecule has 0 amide bonds. The van der Waals surface area contributed by atoms with E-state index < -0.39 is 20.0 Å². The Morgan fingerprint density at radius 3 is 1.68 bits per heavy atom. The first-order chi connectivity index (χ1) is 28.4. The van der Waals surface area contributed by atoms with Gasteiger partial charge in [-0.2, -0.15) is 4.31 Å².